The van der Waals surface area contributed by atoms with Gasteiger partial charge in [-0.05, 0) is 59.5 Å². The Kier molecular flexibility index (Phi) is 6.44. The third-order valence-corrected chi connectivity index (χ3v) is 7.64. The highest BCUT2D eigenvalue weighted by molar-refractivity contribution is 5.90. The van der Waals surface area contributed by atoms with Crippen LogP contribution < -0.4 is 15.1 Å². The van der Waals surface area contributed by atoms with Crippen LogP contribution >= 0.6 is 0 Å². The molecule has 0 saturated heterocycles. The molecular formula is C31H33N4O2+. The molecule has 6 heteroatoms. The molecule has 4 aromatic carbocycles. The summed E-state index contributed by atoms with van der Waals surface area (Å²) in [4.78, 5) is 15.4. The molecule has 0 aromatic heterocycles. The molecule has 2 N–H and O–H groups in total. The number of quaternary nitrogens is 1. The van der Waals surface area contributed by atoms with Crippen LogP contribution in [0.4, 0.5) is 22.7 Å². The normalized spacial score (nSPS) is 14.5. The molecule has 1 unspecified atom stereocenters. The van der Waals surface area contributed by atoms with Gasteiger partial charge in [0.25, 0.3) is 5.69 Å². The van der Waals surface area contributed by atoms with E-state index in [-0.39, 0.29) is 16.0 Å². The van der Waals surface area contributed by atoms with E-state index in [1.807, 2.05) is 12.1 Å². The van der Waals surface area contributed by atoms with Crippen LogP contribution in [0.5, 0.6) is 0 Å². The fourth-order valence-electron chi connectivity index (χ4n) is 5.74. The lowest BCUT2D eigenvalue weighted by atomic mass is 9.72. The first-order chi connectivity index (χ1) is 17.8. The molecule has 0 fully saturated rings. The Morgan fingerprint density at radius 2 is 1.51 bits per heavy atom. The highest BCUT2D eigenvalue weighted by Crippen LogP contribution is 2.43. The van der Waals surface area contributed by atoms with Gasteiger partial charge in [-0.15, -0.1) is 0 Å². The minimum absolute atomic E-state index is 0.118. The summed E-state index contributed by atoms with van der Waals surface area (Å²) >= 11 is 0. The molecule has 0 saturated carbocycles. The lowest BCUT2D eigenvalue weighted by Gasteiger charge is -2.32. The molecule has 188 valence electrons. The topological polar surface area (TPSA) is 66.2 Å². The number of rotatable bonds is 7. The van der Waals surface area contributed by atoms with Crippen molar-refractivity contribution in [1.29, 1.82) is 0 Å². The number of anilines is 2. The van der Waals surface area contributed by atoms with E-state index in [4.69, 9.17) is 0 Å². The van der Waals surface area contributed by atoms with E-state index in [1.54, 1.807) is 12.1 Å². The molecule has 6 nitrogen and oxygen atoms in total. The third kappa shape index (κ3) is 4.45. The first-order valence-corrected chi connectivity index (χ1v) is 12.6. The number of hydrogen-bond donors (Lipinski definition) is 1. The predicted molar refractivity (Wildman–Crippen MR) is 152 cm³/mol. The molecule has 0 spiro atoms. The Bertz CT molecular complexity index is 1460. The fraction of sp³-hybridized carbons (Fsp3) is 0.226. The number of nitrogens with zero attached hydrogens (tertiary/aromatic N) is 3. The Hall–Kier alpha value is -4.16. The highest BCUT2D eigenvalue weighted by atomic mass is 16.6. The quantitative estimate of drug-likeness (QED) is 0.198. The number of para-hydroxylation sites is 2. The van der Waals surface area contributed by atoms with Crippen molar-refractivity contribution in [2.45, 2.75) is 25.2 Å². The van der Waals surface area contributed by atoms with E-state index < -0.39 is 0 Å². The minimum atomic E-state index is -0.342. The standard InChI is InChI=1S/C31H32N4O2/c1-31(21-22-13-16-24(17-14-22)35(36)37,30-25-10-6-5-9-23(25)15-18-26(30)32-2)20-19-29-33(3)27-11-7-8-12-28(27)34(29)4/h5-19,32H,20-21H2,1-4H3/p+1. The Labute approximate surface area is 218 Å². The molecule has 1 atom stereocenters. The Balaban J connectivity index is 1.62. The van der Waals surface area contributed by atoms with E-state index >= 15 is 0 Å². The molecule has 37 heavy (non-hydrogen) atoms. The second-order valence-electron chi connectivity index (χ2n) is 10.1. The van der Waals surface area contributed by atoms with Gasteiger partial charge in [-0.2, -0.15) is 0 Å². The highest BCUT2D eigenvalue weighted by Gasteiger charge is 2.34. The van der Waals surface area contributed by atoms with Gasteiger partial charge in [-0.3, -0.25) is 10.1 Å². The molecule has 1 aliphatic heterocycles. The minimum Gasteiger partial charge on any atom is -0.329 e. The van der Waals surface area contributed by atoms with Crippen molar-refractivity contribution in [1.82, 2.24) is 0 Å². The summed E-state index contributed by atoms with van der Waals surface area (Å²) in [5.74, 6) is 1.15. The van der Waals surface area contributed by atoms with E-state index in [0.717, 1.165) is 24.2 Å². The molecule has 0 radical (unpaired) electrons. The summed E-state index contributed by atoms with van der Waals surface area (Å²) in [6.07, 6.45) is 3.90. The van der Waals surface area contributed by atoms with Crippen LogP contribution in [0.2, 0.25) is 0 Å². The molecular weight excluding hydrogens is 460 g/mol. The summed E-state index contributed by atoms with van der Waals surface area (Å²) in [7, 11) is 6.32. The van der Waals surface area contributed by atoms with E-state index in [9.17, 15) is 10.1 Å². The van der Waals surface area contributed by atoms with Crippen molar-refractivity contribution in [3.63, 3.8) is 0 Å². The molecule has 4 aromatic rings. The van der Waals surface area contributed by atoms with Gasteiger partial charge in [0.05, 0.1) is 23.3 Å². The molecule has 0 bridgehead atoms. The summed E-state index contributed by atoms with van der Waals surface area (Å²) in [5, 5.41) is 15.9. The van der Waals surface area contributed by atoms with Crippen molar-refractivity contribution in [3.8, 4) is 0 Å². The summed E-state index contributed by atoms with van der Waals surface area (Å²) in [6, 6.07) is 28.4. The number of benzene rings is 4. The van der Waals surface area contributed by atoms with Crippen LogP contribution in [0.3, 0.4) is 0 Å². The van der Waals surface area contributed by atoms with Crippen LogP contribution in [0.15, 0.2) is 96.8 Å². The van der Waals surface area contributed by atoms with Gasteiger partial charge in [0.15, 0.2) is 0 Å². The van der Waals surface area contributed by atoms with Crippen LogP contribution in [0.25, 0.3) is 10.8 Å². The predicted octanol–water partition coefficient (Wildman–Crippen LogP) is 5.89. The van der Waals surface area contributed by atoms with Crippen molar-refractivity contribution < 1.29 is 10.2 Å². The van der Waals surface area contributed by atoms with Gasteiger partial charge >= 0.3 is 0 Å². The number of fused-ring (bicyclic) bond motifs is 2. The number of non-ortho nitro benzene ring substituents is 1. The second kappa shape index (κ2) is 9.71. The molecule has 0 aliphatic carbocycles. The van der Waals surface area contributed by atoms with Gasteiger partial charge in [-0.25, -0.2) is 0 Å². The zero-order valence-corrected chi connectivity index (χ0v) is 21.8. The summed E-state index contributed by atoms with van der Waals surface area (Å²) < 4.78 is 0. The van der Waals surface area contributed by atoms with Crippen molar-refractivity contribution in [3.05, 3.63) is 118 Å². The summed E-state index contributed by atoms with van der Waals surface area (Å²) in [5.41, 5.74) is 5.86. The van der Waals surface area contributed by atoms with Gasteiger partial charge in [-0.1, -0.05) is 55.5 Å². The SMILES string of the molecule is C[NH2+]c1ccc2ccccc2c1C(C)(CC=C1N(C)c2ccccc2N1C)Cc1ccc([N+](=O)[O-])cc1. The largest absolute Gasteiger partial charge is 0.329 e. The number of nitro benzene ring substituents is 1. The first-order valence-electron chi connectivity index (χ1n) is 12.6. The van der Waals surface area contributed by atoms with Gasteiger partial charge < -0.3 is 15.1 Å². The van der Waals surface area contributed by atoms with E-state index in [1.165, 1.54) is 33.4 Å². The molecule has 0 amide bonds. The number of nitro groups is 1. The van der Waals surface area contributed by atoms with E-state index in [0.29, 0.717) is 0 Å². The zero-order chi connectivity index (χ0) is 26.2. The second-order valence-corrected chi connectivity index (χ2v) is 10.1. The van der Waals surface area contributed by atoms with Crippen LogP contribution in [-0.2, 0) is 11.8 Å². The van der Waals surface area contributed by atoms with Crippen molar-refractivity contribution in [2.75, 3.05) is 30.9 Å². The average Bonchev–Trinajstić information content (AvgIpc) is 3.16. The molecule has 5 rings (SSSR count). The Morgan fingerprint density at radius 1 is 0.892 bits per heavy atom. The average molecular weight is 494 g/mol. The van der Waals surface area contributed by atoms with Crippen LogP contribution in [0.1, 0.15) is 24.5 Å². The van der Waals surface area contributed by atoms with Crippen molar-refractivity contribution >= 4 is 33.5 Å². The van der Waals surface area contributed by atoms with Crippen LogP contribution in [0, 0.1) is 10.1 Å². The summed E-state index contributed by atoms with van der Waals surface area (Å²) in [6.45, 7) is 2.32. The smallest absolute Gasteiger partial charge is 0.269 e. The fourth-order valence-corrected chi connectivity index (χ4v) is 5.74. The number of allylic oxidation sites excluding steroid dienone is 1. The Morgan fingerprint density at radius 3 is 2.14 bits per heavy atom. The number of nitrogens with two attached hydrogens (primary N) is 1. The number of hydrogen-bond acceptors (Lipinski definition) is 4. The van der Waals surface area contributed by atoms with E-state index in [2.05, 4.69) is 110 Å². The maximum Gasteiger partial charge on any atom is 0.269 e. The third-order valence-electron chi connectivity index (χ3n) is 7.64. The lowest BCUT2D eigenvalue weighted by Crippen LogP contribution is -2.73. The molecule has 1 heterocycles. The maximum absolute atomic E-state index is 11.2. The van der Waals surface area contributed by atoms with Crippen LogP contribution in [-0.4, -0.2) is 26.1 Å². The first kappa shape index (κ1) is 24.5. The zero-order valence-electron chi connectivity index (χ0n) is 21.8. The van der Waals surface area contributed by atoms with Gasteiger partial charge in [0, 0.05) is 37.2 Å². The van der Waals surface area contributed by atoms with Crippen molar-refractivity contribution in [2.24, 2.45) is 0 Å². The monoisotopic (exact) mass is 493 g/mol. The van der Waals surface area contributed by atoms with Gasteiger partial charge in [0.2, 0.25) is 0 Å². The molecule has 1 aliphatic rings. The maximum atomic E-state index is 11.2. The lowest BCUT2D eigenvalue weighted by molar-refractivity contribution is -0.540. The van der Waals surface area contributed by atoms with Gasteiger partial charge in [0.1, 0.15) is 11.5 Å².